The summed E-state index contributed by atoms with van der Waals surface area (Å²) in [6.45, 7) is 4.46. The normalized spacial score (nSPS) is 17.5. The van der Waals surface area contributed by atoms with Crippen molar-refractivity contribution in [2.45, 2.75) is 26.3 Å². The Kier molecular flexibility index (Phi) is 4.85. The molecule has 1 atom stereocenters. The first-order valence-electron chi connectivity index (χ1n) is 8.19. The largest absolute Gasteiger partial charge is 0.480 e. The number of hydrogen-bond acceptors (Lipinski definition) is 4. The van der Waals surface area contributed by atoms with Crippen molar-refractivity contribution in [3.05, 3.63) is 47.3 Å². The van der Waals surface area contributed by atoms with Gasteiger partial charge in [-0.15, -0.1) is 0 Å². The number of carbonyl (C=O) groups excluding carboxylic acids is 1. The Bertz CT molecular complexity index is 785. The van der Waals surface area contributed by atoms with E-state index >= 15 is 0 Å². The molecule has 1 aliphatic heterocycles. The molecule has 0 radical (unpaired) electrons. The molecule has 7 heteroatoms. The summed E-state index contributed by atoms with van der Waals surface area (Å²) in [5, 5.41) is 13.8. The van der Waals surface area contributed by atoms with Crippen LogP contribution >= 0.6 is 0 Å². The number of ether oxygens (including phenoxy) is 1. The second kappa shape index (κ2) is 7.06. The topological polar surface area (TPSA) is 84.7 Å². The third-order valence-electron chi connectivity index (χ3n) is 4.50. The second-order valence-electron chi connectivity index (χ2n) is 6.09. The van der Waals surface area contributed by atoms with E-state index in [0.29, 0.717) is 13.2 Å². The number of morpholine rings is 1. The molecule has 25 heavy (non-hydrogen) atoms. The molecule has 1 unspecified atom stereocenters. The molecule has 7 nitrogen and oxygen atoms in total. The van der Waals surface area contributed by atoms with E-state index < -0.39 is 12.0 Å². The lowest BCUT2D eigenvalue weighted by molar-refractivity contribution is -0.158. The van der Waals surface area contributed by atoms with Crippen LogP contribution in [0, 0.1) is 13.8 Å². The zero-order valence-electron chi connectivity index (χ0n) is 14.3. The van der Waals surface area contributed by atoms with Crippen molar-refractivity contribution >= 4 is 11.9 Å². The number of carboxylic acids is 1. The van der Waals surface area contributed by atoms with Crippen LogP contribution in [0.5, 0.6) is 0 Å². The summed E-state index contributed by atoms with van der Waals surface area (Å²) in [5.41, 5.74) is 3.42. The summed E-state index contributed by atoms with van der Waals surface area (Å²) >= 11 is 0. The van der Waals surface area contributed by atoms with E-state index in [-0.39, 0.29) is 18.9 Å². The third-order valence-corrected chi connectivity index (χ3v) is 4.50. The van der Waals surface area contributed by atoms with Crippen molar-refractivity contribution in [1.82, 2.24) is 14.7 Å². The van der Waals surface area contributed by atoms with Crippen molar-refractivity contribution in [3.63, 3.8) is 0 Å². The van der Waals surface area contributed by atoms with Gasteiger partial charge in [0.05, 0.1) is 31.0 Å². The number of carbonyl (C=O) groups is 2. The fourth-order valence-electron chi connectivity index (χ4n) is 3.11. The molecule has 1 fully saturated rings. The minimum absolute atomic E-state index is 0.0301. The SMILES string of the molecule is Cc1nn(-c2ccccc2)c(C)c1CC(=O)N1CCOCC1C(=O)O. The molecule has 0 aliphatic carbocycles. The average Bonchev–Trinajstić information content (AvgIpc) is 2.90. The van der Waals surface area contributed by atoms with E-state index in [1.165, 1.54) is 4.90 Å². The molecule has 3 rings (SSSR count). The lowest BCUT2D eigenvalue weighted by Gasteiger charge is -2.33. The highest BCUT2D eigenvalue weighted by molar-refractivity contribution is 5.85. The lowest BCUT2D eigenvalue weighted by Crippen LogP contribution is -2.53. The zero-order chi connectivity index (χ0) is 18.0. The molecule has 0 bridgehead atoms. The first-order chi connectivity index (χ1) is 12.0. The van der Waals surface area contributed by atoms with Crippen molar-refractivity contribution in [3.8, 4) is 5.69 Å². The van der Waals surface area contributed by atoms with E-state index in [4.69, 9.17) is 4.74 Å². The van der Waals surface area contributed by atoms with Crippen LogP contribution in [0.1, 0.15) is 17.0 Å². The summed E-state index contributed by atoms with van der Waals surface area (Å²) in [6.07, 6.45) is 0.133. The molecule has 1 aromatic carbocycles. The van der Waals surface area contributed by atoms with E-state index in [0.717, 1.165) is 22.6 Å². The molecule has 2 aromatic rings. The molecular formula is C18H21N3O4. The zero-order valence-corrected chi connectivity index (χ0v) is 14.3. The number of para-hydroxylation sites is 1. The van der Waals surface area contributed by atoms with Crippen LogP contribution in [0.15, 0.2) is 30.3 Å². The molecule has 1 N–H and O–H groups in total. The number of hydrogen-bond donors (Lipinski definition) is 1. The lowest BCUT2D eigenvalue weighted by atomic mass is 10.1. The number of carboxylic acid groups (broad SMARTS) is 1. The number of aliphatic carboxylic acids is 1. The summed E-state index contributed by atoms with van der Waals surface area (Å²) in [7, 11) is 0. The maximum absolute atomic E-state index is 12.7. The fraction of sp³-hybridized carbons (Fsp3) is 0.389. The smallest absolute Gasteiger partial charge is 0.328 e. The molecule has 2 heterocycles. The Labute approximate surface area is 145 Å². The Balaban J connectivity index is 1.84. The highest BCUT2D eigenvalue weighted by atomic mass is 16.5. The van der Waals surface area contributed by atoms with Crippen LogP contribution in [0.4, 0.5) is 0 Å². The van der Waals surface area contributed by atoms with Crippen LogP contribution < -0.4 is 0 Å². The summed E-state index contributed by atoms with van der Waals surface area (Å²) in [6, 6.07) is 8.78. The van der Waals surface area contributed by atoms with Gasteiger partial charge in [0.25, 0.3) is 0 Å². The number of rotatable bonds is 4. The summed E-state index contributed by atoms with van der Waals surface area (Å²) in [5.74, 6) is -1.25. The van der Waals surface area contributed by atoms with Crippen LogP contribution in [-0.4, -0.2) is 57.5 Å². The monoisotopic (exact) mass is 343 g/mol. The Morgan fingerprint density at radius 1 is 1.28 bits per heavy atom. The van der Waals surface area contributed by atoms with Crippen molar-refractivity contribution < 1.29 is 19.4 Å². The highest BCUT2D eigenvalue weighted by Crippen LogP contribution is 2.20. The number of aryl methyl sites for hydroxylation is 1. The predicted octanol–water partition coefficient (Wildman–Crippen LogP) is 1.34. The van der Waals surface area contributed by atoms with Gasteiger partial charge in [0.1, 0.15) is 0 Å². The van der Waals surface area contributed by atoms with Gasteiger partial charge in [0, 0.05) is 17.8 Å². The van der Waals surface area contributed by atoms with E-state index in [9.17, 15) is 14.7 Å². The molecule has 1 saturated heterocycles. The molecule has 0 spiro atoms. The van der Waals surface area contributed by atoms with E-state index in [1.54, 1.807) is 0 Å². The molecule has 1 aliphatic rings. The molecule has 1 aromatic heterocycles. The van der Waals surface area contributed by atoms with Gasteiger partial charge in [-0.3, -0.25) is 4.79 Å². The highest BCUT2D eigenvalue weighted by Gasteiger charge is 2.33. The summed E-state index contributed by atoms with van der Waals surface area (Å²) in [4.78, 5) is 25.5. The van der Waals surface area contributed by atoms with Crippen LogP contribution in [-0.2, 0) is 20.7 Å². The van der Waals surface area contributed by atoms with Crippen molar-refractivity contribution in [1.29, 1.82) is 0 Å². The molecule has 132 valence electrons. The van der Waals surface area contributed by atoms with Crippen LogP contribution in [0.25, 0.3) is 5.69 Å². The van der Waals surface area contributed by atoms with Crippen LogP contribution in [0.2, 0.25) is 0 Å². The van der Waals surface area contributed by atoms with Gasteiger partial charge in [0.2, 0.25) is 5.91 Å². The number of aromatic nitrogens is 2. The Morgan fingerprint density at radius 3 is 2.68 bits per heavy atom. The minimum atomic E-state index is -1.04. The van der Waals surface area contributed by atoms with Gasteiger partial charge in [-0.2, -0.15) is 5.10 Å². The third kappa shape index (κ3) is 3.41. The maximum atomic E-state index is 12.7. The fourth-order valence-corrected chi connectivity index (χ4v) is 3.11. The Morgan fingerprint density at radius 2 is 2.00 bits per heavy atom. The number of benzene rings is 1. The number of nitrogens with zero attached hydrogens (tertiary/aromatic N) is 3. The standard InChI is InChI=1S/C18H21N3O4/c1-12-15(13(2)21(19-12)14-6-4-3-5-7-14)10-17(22)20-8-9-25-11-16(20)18(23)24/h3-7,16H,8-11H2,1-2H3,(H,23,24). The first-order valence-corrected chi connectivity index (χ1v) is 8.19. The Hall–Kier alpha value is -2.67. The second-order valence-corrected chi connectivity index (χ2v) is 6.09. The van der Waals surface area contributed by atoms with Gasteiger partial charge >= 0.3 is 5.97 Å². The van der Waals surface area contributed by atoms with E-state index in [1.807, 2.05) is 48.9 Å². The van der Waals surface area contributed by atoms with Gasteiger partial charge in [-0.05, 0) is 26.0 Å². The van der Waals surface area contributed by atoms with Gasteiger partial charge in [-0.25, -0.2) is 9.48 Å². The quantitative estimate of drug-likeness (QED) is 0.906. The van der Waals surface area contributed by atoms with Crippen LogP contribution in [0.3, 0.4) is 0 Å². The van der Waals surface area contributed by atoms with Gasteiger partial charge < -0.3 is 14.7 Å². The van der Waals surface area contributed by atoms with Gasteiger partial charge in [0.15, 0.2) is 6.04 Å². The average molecular weight is 343 g/mol. The van der Waals surface area contributed by atoms with E-state index in [2.05, 4.69) is 5.10 Å². The molecule has 0 saturated carbocycles. The van der Waals surface area contributed by atoms with Crippen molar-refractivity contribution in [2.75, 3.05) is 19.8 Å². The first kappa shape index (κ1) is 17.2. The molecule has 1 amide bonds. The minimum Gasteiger partial charge on any atom is -0.480 e. The predicted molar refractivity (Wildman–Crippen MR) is 90.7 cm³/mol. The number of amides is 1. The summed E-state index contributed by atoms with van der Waals surface area (Å²) < 4.78 is 7.00. The van der Waals surface area contributed by atoms with Gasteiger partial charge in [-0.1, -0.05) is 18.2 Å². The van der Waals surface area contributed by atoms with Crippen molar-refractivity contribution in [2.24, 2.45) is 0 Å². The maximum Gasteiger partial charge on any atom is 0.328 e. The molecular weight excluding hydrogens is 322 g/mol.